The van der Waals surface area contributed by atoms with Crippen molar-refractivity contribution in [2.24, 2.45) is 0 Å². The number of anilines is 1. The molecular formula is C13H17N2O2+. The Morgan fingerprint density at radius 3 is 2.82 bits per heavy atom. The molecule has 2 heterocycles. The lowest BCUT2D eigenvalue weighted by molar-refractivity contribution is -0.523. The number of aromatic hydroxyl groups is 2. The zero-order valence-corrected chi connectivity index (χ0v) is 9.76. The number of benzene rings is 1. The van der Waals surface area contributed by atoms with Gasteiger partial charge in [-0.1, -0.05) is 0 Å². The molecule has 2 N–H and O–H groups in total. The van der Waals surface area contributed by atoms with Crippen molar-refractivity contribution in [3.05, 3.63) is 18.2 Å². The zero-order chi connectivity index (χ0) is 11.8. The van der Waals surface area contributed by atoms with Gasteiger partial charge < -0.3 is 10.2 Å². The molecule has 90 valence electrons. The maximum absolute atomic E-state index is 9.92. The Morgan fingerprint density at radius 1 is 1.12 bits per heavy atom. The van der Waals surface area contributed by atoms with E-state index in [2.05, 4.69) is 9.48 Å². The molecule has 0 aromatic heterocycles. The first-order valence-corrected chi connectivity index (χ1v) is 6.16. The van der Waals surface area contributed by atoms with E-state index in [1.54, 1.807) is 12.1 Å². The molecule has 0 bridgehead atoms. The summed E-state index contributed by atoms with van der Waals surface area (Å²) in [5.74, 6) is 1.73. The van der Waals surface area contributed by atoms with Crippen LogP contribution in [0.15, 0.2) is 18.2 Å². The first kappa shape index (κ1) is 10.4. The minimum Gasteiger partial charge on any atom is -0.508 e. The molecule has 0 unspecified atom stereocenters. The van der Waals surface area contributed by atoms with Crippen LogP contribution in [0.25, 0.3) is 0 Å². The first-order chi connectivity index (χ1) is 8.25. The highest BCUT2D eigenvalue weighted by Crippen LogP contribution is 2.33. The van der Waals surface area contributed by atoms with Crippen LogP contribution in [0.1, 0.15) is 19.3 Å². The highest BCUT2D eigenvalue weighted by Gasteiger charge is 2.33. The van der Waals surface area contributed by atoms with Gasteiger partial charge in [0.25, 0.3) is 5.84 Å². The summed E-state index contributed by atoms with van der Waals surface area (Å²) in [7, 11) is 0. The van der Waals surface area contributed by atoms with Crippen LogP contribution in [-0.4, -0.2) is 40.3 Å². The highest BCUT2D eigenvalue weighted by atomic mass is 16.3. The summed E-state index contributed by atoms with van der Waals surface area (Å²) in [6.45, 7) is 3.15. The van der Waals surface area contributed by atoms with E-state index in [9.17, 15) is 10.2 Å². The van der Waals surface area contributed by atoms with Crippen LogP contribution in [0.2, 0.25) is 0 Å². The minimum absolute atomic E-state index is 0.202. The van der Waals surface area contributed by atoms with E-state index in [4.69, 9.17) is 0 Å². The number of amidine groups is 1. The van der Waals surface area contributed by atoms with Crippen molar-refractivity contribution in [1.29, 1.82) is 0 Å². The standard InChI is InChI=1S/C13H16N2O2/c16-10-4-5-12(17)11(9-10)15-8-2-7-14-6-1-3-13(14)15/h4-5,9H,1-3,6-8H2,(H-,16,17)/p+1. The van der Waals surface area contributed by atoms with Gasteiger partial charge in [-0.3, -0.25) is 4.58 Å². The van der Waals surface area contributed by atoms with Gasteiger partial charge in [0.2, 0.25) is 0 Å². The molecule has 4 heteroatoms. The van der Waals surface area contributed by atoms with Gasteiger partial charge in [-0.05, 0) is 18.6 Å². The van der Waals surface area contributed by atoms with Crippen molar-refractivity contribution in [2.75, 3.05) is 24.5 Å². The smallest absolute Gasteiger partial charge is 0.252 e. The largest absolute Gasteiger partial charge is 0.508 e. The third-order valence-electron chi connectivity index (χ3n) is 3.56. The number of nitrogens with zero attached hydrogens (tertiary/aromatic N) is 2. The fourth-order valence-corrected chi connectivity index (χ4v) is 2.80. The molecule has 0 saturated carbocycles. The summed E-state index contributed by atoms with van der Waals surface area (Å²) in [6.07, 6.45) is 3.35. The second kappa shape index (κ2) is 3.95. The molecule has 2 aliphatic heterocycles. The fraction of sp³-hybridized carbons (Fsp3) is 0.462. The van der Waals surface area contributed by atoms with E-state index in [0.717, 1.165) is 38.2 Å². The zero-order valence-electron chi connectivity index (χ0n) is 9.76. The SMILES string of the molecule is Oc1ccc(O)c(N2CCC[N+]3=C2CCC3)c1. The first-order valence-electron chi connectivity index (χ1n) is 6.16. The van der Waals surface area contributed by atoms with Gasteiger partial charge in [-0.2, -0.15) is 0 Å². The van der Waals surface area contributed by atoms with Crippen molar-refractivity contribution in [1.82, 2.24) is 0 Å². The molecule has 0 radical (unpaired) electrons. The molecule has 1 aromatic rings. The fourth-order valence-electron chi connectivity index (χ4n) is 2.80. The van der Waals surface area contributed by atoms with Gasteiger partial charge in [0.1, 0.15) is 5.75 Å². The van der Waals surface area contributed by atoms with E-state index < -0.39 is 0 Å². The molecule has 17 heavy (non-hydrogen) atoms. The van der Waals surface area contributed by atoms with Gasteiger partial charge in [0.05, 0.1) is 26.1 Å². The normalized spacial score (nSPS) is 19.6. The molecule has 0 amide bonds. The molecule has 1 aromatic carbocycles. The third kappa shape index (κ3) is 1.73. The molecule has 0 saturated heterocycles. The average molecular weight is 233 g/mol. The monoisotopic (exact) mass is 233 g/mol. The third-order valence-corrected chi connectivity index (χ3v) is 3.56. The van der Waals surface area contributed by atoms with Crippen molar-refractivity contribution in [3.63, 3.8) is 0 Å². The lowest BCUT2D eigenvalue weighted by atomic mass is 10.2. The summed E-state index contributed by atoms with van der Waals surface area (Å²) in [4.78, 5) is 2.14. The average Bonchev–Trinajstić information content (AvgIpc) is 2.80. The number of phenolic OH excluding ortho intramolecular Hbond substituents is 2. The van der Waals surface area contributed by atoms with Gasteiger partial charge in [0, 0.05) is 12.5 Å². The molecule has 0 aliphatic carbocycles. The van der Waals surface area contributed by atoms with E-state index in [1.165, 1.54) is 18.3 Å². The number of rotatable bonds is 1. The Balaban J connectivity index is 2.03. The van der Waals surface area contributed by atoms with Crippen LogP contribution in [0.3, 0.4) is 0 Å². The van der Waals surface area contributed by atoms with E-state index >= 15 is 0 Å². The van der Waals surface area contributed by atoms with Crippen LogP contribution < -0.4 is 4.90 Å². The molecule has 4 nitrogen and oxygen atoms in total. The molecular weight excluding hydrogens is 216 g/mol. The van der Waals surface area contributed by atoms with E-state index in [1.807, 2.05) is 0 Å². The summed E-state index contributed by atoms with van der Waals surface area (Å²) >= 11 is 0. The molecule has 3 rings (SSSR count). The quantitative estimate of drug-likeness (QED) is 0.571. The molecule has 0 atom stereocenters. The Bertz CT molecular complexity index is 482. The predicted molar refractivity (Wildman–Crippen MR) is 66.0 cm³/mol. The maximum Gasteiger partial charge on any atom is 0.252 e. The van der Waals surface area contributed by atoms with Crippen LogP contribution in [0.4, 0.5) is 5.69 Å². The maximum atomic E-state index is 9.92. The van der Waals surface area contributed by atoms with Crippen molar-refractivity contribution >= 4 is 11.5 Å². The Hall–Kier alpha value is -1.71. The van der Waals surface area contributed by atoms with Crippen LogP contribution >= 0.6 is 0 Å². The Morgan fingerprint density at radius 2 is 1.94 bits per heavy atom. The topological polar surface area (TPSA) is 46.7 Å². The van der Waals surface area contributed by atoms with Gasteiger partial charge in [0.15, 0.2) is 11.4 Å². The summed E-state index contributed by atoms with van der Waals surface area (Å²) in [5, 5.41) is 19.5. The Kier molecular flexibility index (Phi) is 2.42. The molecule has 2 aliphatic rings. The predicted octanol–water partition coefficient (Wildman–Crippen LogP) is 1.51. The summed E-state index contributed by atoms with van der Waals surface area (Å²) in [6, 6.07) is 4.71. The van der Waals surface area contributed by atoms with Crippen LogP contribution in [-0.2, 0) is 0 Å². The van der Waals surface area contributed by atoms with Crippen LogP contribution in [0, 0.1) is 0 Å². The summed E-state index contributed by atoms with van der Waals surface area (Å²) < 4.78 is 2.38. The molecule has 0 spiro atoms. The minimum atomic E-state index is 0.202. The number of hydrogen-bond acceptors (Lipinski definition) is 3. The molecule has 0 fully saturated rings. The van der Waals surface area contributed by atoms with Gasteiger partial charge >= 0.3 is 0 Å². The summed E-state index contributed by atoms with van der Waals surface area (Å²) in [5.41, 5.74) is 0.728. The van der Waals surface area contributed by atoms with Crippen molar-refractivity contribution < 1.29 is 14.8 Å². The van der Waals surface area contributed by atoms with Crippen molar-refractivity contribution in [3.8, 4) is 11.5 Å². The van der Waals surface area contributed by atoms with E-state index in [-0.39, 0.29) is 11.5 Å². The highest BCUT2D eigenvalue weighted by molar-refractivity contribution is 5.96. The second-order valence-electron chi connectivity index (χ2n) is 4.69. The van der Waals surface area contributed by atoms with Gasteiger partial charge in [-0.15, -0.1) is 0 Å². The second-order valence-corrected chi connectivity index (χ2v) is 4.69. The van der Waals surface area contributed by atoms with Gasteiger partial charge in [-0.25, -0.2) is 4.90 Å². The number of phenols is 2. The number of hydrogen-bond donors (Lipinski definition) is 2. The lowest BCUT2D eigenvalue weighted by Gasteiger charge is -2.23. The van der Waals surface area contributed by atoms with Crippen molar-refractivity contribution in [2.45, 2.75) is 19.3 Å². The Labute approximate surface area is 100 Å². The lowest BCUT2D eigenvalue weighted by Crippen LogP contribution is -2.41. The van der Waals surface area contributed by atoms with Crippen LogP contribution in [0.5, 0.6) is 11.5 Å². The van der Waals surface area contributed by atoms with E-state index in [0.29, 0.717) is 0 Å².